The Morgan fingerprint density at radius 1 is 1.06 bits per heavy atom. The SMILES string of the molecule is C=N/C(=C\C(N)=NCC/C(=C/N)C/C=C\C=C/C)c1cc(-c2ccc(O)cc2)ccc1O. The zero-order valence-corrected chi connectivity index (χ0v) is 18.3. The van der Waals surface area contributed by atoms with Gasteiger partial charge in [-0.1, -0.05) is 42.5 Å². The van der Waals surface area contributed by atoms with E-state index < -0.39 is 0 Å². The summed E-state index contributed by atoms with van der Waals surface area (Å²) in [5.41, 5.74) is 15.5. The number of amidine groups is 1. The number of phenols is 2. The monoisotopic (exact) mass is 430 g/mol. The Morgan fingerprint density at radius 2 is 1.78 bits per heavy atom. The third-order valence-corrected chi connectivity index (χ3v) is 4.71. The molecular weight excluding hydrogens is 400 g/mol. The summed E-state index contributed by atoms with van der Waals surface area (Å²) in [7, 11) is 0. The van der Waals surface area contributed by atoms with Crippen molar-refractivity contribution in [3.8, 4) is 22.6 Å². The van der Waals surface area contributed by atoms with Gasteiger partial charge in [-0.15, -0.1) is 0 Å². The van der Waals surface area contributed by atoms with Crippen molar-refractivity contribution in [1.29, 1.82) is 0 Å². The topological polar surface area (TPSA) is 117 Å². The molecule has 0 aliphatic heterocycles. The molecule has 6 N–H and O–H groups in total. The summed E-state index contributed by atoms with van der Waals surface area (Å²) in [5.74, 6) is 0.523. The molecule has 2 rings (SSSR count). The molecule has 32 heavy (non-hydrogen) atoms. The van der Waals surface area contributed by atoms with Crippen molar-refractivity contribution in [2.75, 3.05) is 6.54 Å². The first kappa shape index (κ1) is 24.2. The van der Waals surface area contributed by atoms with E-state index in [1.807, 2.05) is 31.2 Å². The van der Waals surface area contributed by atoms with Crippen LogP contribution in [0.1, 0.15) is 25.3 Å². The van der Waals surface area contributed by atoms with Gasteiger partial charge in [0.05, 0.1) is 5.70 Å². The molecule has 0 atom stereocenters. The second-order valence-corrected chi connectivity index (χ2v) is 7.01. The first-order chi connectivity index (χ1) is 15.5. The molecule has 2 aromatic rings. The largest absolute Gasteiger partial charge is 0.508 e. The summed E-state index contributed by atoms with van der Waals surface area (Å²) >= 11 is 0. The highest BCUT2D eigenvalue weighted by atomic mass is 16.3. The van der Waals surface area contributed by atoms with Crippen molar-refractivity contribution in [3.05, 3.63) is 90.2 Å². The number of hydrogen-bond donors (Lipinski definition) is 4. The third-order valence-electron chi connectivity index (χ3n) is 4.71. The van der Waals surface area contributed by atoms with Crippen molar-refractivity contribution in [3.63, 3.8) is 0 Å². The molecule has 0 fully saturated rings. The van der Waals surface area contributed by atoms with Gasteiger partial charge in [-0.3, -0.25) is 9.98 Å². The Morgan fingerprint density at radius 3 is 2.44 bits per heavy atom. The van der Waals surface area contributed by atoms with Crippen molar-refractivity contribution in [2.45, 2.75) is 19.8 Å². The summed E-state index contributed by atoms with van der Waals surface area (Å²) in [6.45, 7) is 6.05. The third kappa shape index (κ3) is 7.32. The molecule has 0 saturated heterocycles. The highest BCUT2D eigenvalue weighted by Crippen LogP contribution is 2.31. The van der Waals surface area contributed by atoms with Gasteiger partial charge in [0.15, 0.2) is 0 Å². The van der Waals surface area contributed by atoms with E-state index in [2.05, 4.69) is 16.7 Å². The number of benzene rings is 2. The van der Waals surface area contributed by atoms with E-state index >= 15 is 0 Å². The molecule has 0 bridgehead atoms. The maximum Gasteiger partial charge on any atom is 0.125 e. The quantitative estimate of drug-likeness (QED) is 0.243. The van der Waals surface area contributed by atoms with E-state index in [1.165, 1.54) is 0 Å². The van der Waals surface area contributed by atoms with Crippen LogP contribution in [0.4, 0.5) is 0 Å². The van der Waals surface area contributed by atoms with Crippen LogP contribution in [0.2, 0.25) is 0 Å². The number of aromatic hydroxyl groups is 2. The van der Waals surface area contributed by atoms with Gasteiger partial charge in [-0.25, -0.2) is 0 Å². The molecule has 0 radical (unpaired) electrons. The normalized spacial score (nSPS) is 13.2. The van der Waals surface area contributed by atoms with Crippen molar-refractivity contribution in [2.24, 2.45) is 21.5 Å². The number of allylic oxidation sites excluding steroid dienone is 4. The lowest BCUT2D eigenvalue weighted by Gasteiger charge is -2.09. The highest BCUT2D eigenvalue weighted by molar-refractivity contribution is 5.99. The molecule has 0 amide bonds. The molecule has 0 saturated carbocycles. The Balaban J connectivity index is 2.16. The van der Waals surface area contributed by atoms with E-state index in [0.717, 1.165) is 23.1 Å². The molecule has 0 aliphatic carbocycles. The van der Waals surface area contributed by atoms with Crippen LogP contribution in [0, 0.1) is 0 Å². The number of rotatable bonds is 10. The van der Waals surface area contributed by atoms with Gasteiger partial charge in [-0.05, 0) is 73.6 Å². The van der Waals surface area contributed by atoms with Gasteiger partial charge in [-0.2, -0.15) is 0 Å². The highest BCUT2D eigenvalue weighted by Gasteiger charge is 2.09. The van der Waals surface area contributed by atoms with Crippen molar-refractivity contribution < 1.29 is 10.2 Å². The van der Waals surface area contributed by atoms with E-state index in [9.17, 15) is 10.2 Å². The zero-order chi connectivity index (χ0) is 23.3. The average molecular weight is 431 g/mol. The van der Waals surface area contributed by atoms with Gasteiger partial charge < -0.3 is 21.7 Å². The van der Waals surface area contributed by atoms with Gasteiger partial charge in [0.25, 0.3) is 0 Å². The van der Waals surface area contributed by atoms with Crippen LogP contribution in [-0.4, -0.2) is 29.3 Å². The fraction of sp³-hybridized carbons (Fsp3) is 0.154. The van der Waals surface area contributed by atoms with Crippen LogP contribution < -0.4 is 11.5 Å². The number of nitrogens with two attached hydrogens (primary N) is 2. The van der Waals surface area contributed by atoms with Gasteiger partial charge >= 0.3 is 0 Å². The smallest absolute Gasteiger partial charge is 0.125 e. The van der Waals surface area contributed by atoms with Gasteiger partial charge in [0, 0.05) is 18.2 Å². The van der Waals surface area contributed by atoms with Crippen LogP contribution in [0.15, 0.2) is 94.6 Å². The maximum absolute atomic E-state index is 10.4. The molecule has 2 aromatic carbocycles. The molecule has 6 nitrogen and oxygen atoms in total. The molecular formula is C26H30N4O2. The van der Waals surface area contributed by atoms with E-state index in [0.29, 0.717) is 24.2 Å². The molecule has 6 heteroatoms. The summed E-state index contributed by atoms with van der Waals surface area (Å²) in [6, 6.07) is 12.0. The minimum absolute atomic E-state index is 0.0558. The predicted octanol–water partition coefficient (Wildman–Crippen LogP) is 4.92. The van der Waals surface area contributed by atoms with E-state index in [1.54, 1.807) is 54.7 Å². The number of aliphatic imine (C=N–C) groups is 2. The van der Waals surface area contributed by atoms with Crippen LogP contribution in [-0.2, 0) is 0 Å². The van der Waals surface area contributed by atoms with Crippen LogP contribution in [0.5, 0.6) is 11.5 Å². The second kappa shape index (κ2) is 12.6. The molecule has 0 aromatic heterocycles. The Labute approximate surface area is 189 Å². The van der Waals surface area contributed by atoms with Gasteiger partial charge in [0.1, 0.15) is 17.3 Å². The standard InChI is InChI=1S/C26H30N4O2/c1-3-4-5-6-7-19(18-27)14-15-30-26(28)17-24(29-2)23-16-21(10-13-25(23)32)20-8-11-22(31)12-9-20/h3-6,8-13,16-18,31-32H,2,7,14-15,27H2,1H3,(H2,28,30)/b4-3-,6-5-,19-18+,24-17-. The lowest BCUT2D eigenvalue weighted by atomic mass is 10.0. The Bertz CT molecular complexity index is 1060. The molecule has 0 unspecified atom stereocenters. The predicted molar refractivity (Wildman–Crippen MR) is 135 cm³/mol. The first-order valence-electron chi connectivity index (χ1n) is 10.3. The fourth-order valence-electron chi connectivity index (χ4n) is 2.96. The summed E-state index contributed by atoms with van der Waals surface area (Å²) in [6.07, 6.45) is 12.6. The summed E-state index contributed by atoms with van der Waals surface area (Å²) in [4.78, 5) is 8.40. The van der Waals surface area contributed by atoms with E-state index in [4.69, 9.17) is 11.5 Å². The summed E-state index contributed by atoms with van der Waals surface area (Å²) in [5, 5.41) is 19.9. The fourth-order valence-corrected chi connectivity index (χ4v) is 2.96. The average Bonchev–Trinajstić information content (AvgIpc) is 2.80. The van der Waals surface area contributed by atoms with Crippen molar-refractivity contribution >= 4 is 18.3 Å². The van der Waals surface area contributed by atoms with Crippen LogP contribution >= 0.6 is 0 Å². The minimum atomic E-state index is 0.0558. The minimum Gasteiger partial charge on any atom is -0.508 e. The second-order valence-electron chi connectivity index (χ2n) is 7.01. The molecule has 0 spiro atoms. The van der Waals surface area contributed by atoms with Crippen LogP contribution in [0.25, 0.3) is 16.8 Å². The Hall–Kier alpha value is -4.06. The number of hydrogen-bond acceptors (Lipinski definition) is 5. The first-order valence-corrected chi connectivity index (χ1v) is 10.3. The van der Waals surface area contributed by atoms with Crippen LogP contribution in [0.3, 0.4) is 0 Å². The maximum atomic E-state index is 10.4. The molecule has 0 aliphatic rings. The Kier molecular flexibility index (Phi) is 9.53. The molecule has 166 valence electrons. The molecule has 0 heterocycles. The lowest BCUT2D eigenvalue weighted by Crippen LogP contribution is -2.10. The van der Waals surface area contributed by atoms with Gasteiger partial charge in [0.2, 0.25) is 0 Å². The zero-order valence-electron chi connectivity index (χ0n) is 18.3. The van der Waals surface area contributed by atoms with Crippen molar-refractivity contribution in [1.82, 2.24) is 0 Å². The lowest BCUT2D eigenvalue weighted by molar-refractivity contribution is 0.473. The summed E-state index contributed by atoms with van der Waals surface area (Å²) < 4.78 is 0. The number of nitrogens with zero attached hydrogens (tertiary/aromatic N) is 2. The van der Waals surface area contributed by atoms with E-state index in [-0.39, 0.29) is 17.3 Å². The number of phenolic OH excluding ortho intramolecular Hbond substituents is 2.